The summed E-state index contributed by atoms with van der Waals surface area (Å²) in [6, 6.07) is 17.0. The molecule has 5 heteroatoms. The van der Waals surface area contributed by atoms with E-state index in [4.69, 9.17) is 17.0 Å². The fourth-order valence-electron chi connectivity index (χ4n) is 3.42. The van der Waals surface area contributed by atoms with Gasteiger partial charge in [0.15, 0.2) is 5.11 Å². The zero-order valence-electron chi connectivity index (χ0n) is 15.8. The van der Waals surface area contributed by atoms with Crippen molar-refractivity contribution in [3.8, 4) is 5.75 Å². The van der Waals surface area contributed by atoms with E-state index in [9.17, 15) is 0 Å². The first kappa shape index (κ1) is 19.2. The van der Waals surface area contributed by atoms with Crippen LogP contribution in [0.2, 0.25) is 0 Å². The highest BCUT2D eigenvalue weighted by Gasteiger charge is 2.24. The molecule has 1 atom stereocenters. The summed E-state index contributed by atoms with van der Waals surface area (Å²) in [5.74, 6) is 0.796. The zero-order valence-corrected chi connectivity index (χ0v) is 16.6. The van der Waals surface area contributed by atoms with Crippen LogP contribution in [0.5, 0.6) is 5.75 Å². The van der Waals surface area contributed by atoms with Crippen LogP contribution >= 0.6 is 12.2 Å². The Balaban J connectivity index is 1.42. The molecule has 0 radical (unpaired) electrons. The maximum absolute atomic E-state index is 5.54. The van der Waals surface area contributed by atoms with Crippen LogP contribution in [0.3, 0.4) is 0 Å². The van der Waals surface area contributed by atoms with Crippen molar-refractivity contribution in [2.45, 2.75) is 25.8 Å². The Morgan fingerprint density at radius 1 is 1.30 bits per heavy atom. The Morgan fingerprint density at radius 2 is 2.15 bits per heavy atom. The Kier molecular flexibility index (Phi) is 6.71. The van der Waals surface area contributed by atoms with Crippen molar-refractivity contribution >= 4 is 28.7 Å². The van der Waals surface area contributed by atoms with Gasteiger partial charge in [0, 0.05) is 36.6 Å². The van der Waals surface area contributed by atoms with E-state index in [1.165, 1.54) is 11.3 Å². The summed E-state index contributed by atoms with van der Waals surface area (Å²) in [7, 11) is 0. The summed E-state index contributed by atoms with van der Waals surface area (Å²) in [6.07, 6.45) is 3.89. The number of thiocarbonyl (C=S) groups is 1. The number of para-hydroxylation sites is 1. The van der Waals surface area contributed by atoms with E-state index in [1.807, 2.05) is 24.3 Å². The number of fused-ring (bicyclic) bond motifs is 1. The standard InChI is InChI=1S/C22H27N3OS/c1-3-14-26-20-10-6-9-19(16-20)24-22(27)23-12-7-13-25-17(2)15-18-8-4-5-11-21(18)25/h3-6,8-11,16-17H,1,7,12-15H2,2H3,(H2,23,24,27)/t17-/m1/s1. The normalized spacial score (nSPS) is 15.1. The van der Waals surface area contributed by atoms with Crippen molar-refractivity contribution in [2.75, 3.05) is 29.9 Å². The minimum Gasteiger partial charge on any atom is -0.489 e. The molecule has 0 amide bonds. The van der Waals surface area contributed by atoms with Gasteiger partial charge in [-0.3, -0.25) is 0 Å². The highest BCUT2D eigenvalue weighted by Crippen LogP contribution is 2.31. The van der Waals surface area contributed by atoms with Gasteiger partial charge in [-0.25, -0.2) is 0 Å². The molecule has 0 bridgehead atoms. The van der Waals surface area contributed by atoms with Gasteiger partial charge in [-0.15, -0.1) is 0 Å². The number of rotatable bonds is 8. The van der Waals surface area contributed by atoms with Gasteiger partial charge in [0.2, 0.25) is 0 Å². The van der Waals surface area contributed by atoms with Gasteiger partial charge in [0.05, 0.1) is 0 Å². The van der Waals surface area contributed by atoms with E-state index in [0.717, 1.165) is 37.4 Å². The minimum absolute atomic E-state index is 0.490. The molecule has 1 aliphatic rings. The molecule has 0 saturated heterocycles. The summed E-state index contributed by atoms with van der Waals surface area (Å²) in [4.78, 5) is 2.49. The van der Waals surface area contributed by atoms with Crippen LogP contribution in [0.15, 0.2) is 61.2 Å². The number of ether oxygens (including phenoxy) is 1. The lowest BCUT2D eigenvalue weighted by Gasteiger charge is -2.25. The van der Waals surface area contributed by atoms with Gasteiger partial charge < -0.3 is 20.3 Å². The molecule has 0 saturated carbocycles. The van der Waals surface area contributed by atoms with Crippen molar-refractivity contribution in [1.29, 1.82) is 0 Å². The second-order valence-corrected chi connectivity index (χ2v) is 7.15. The number of hydrogen-bond donors (Lipinski definition) is 2. The molecule has 27 heavy (non-hydrogen) atoms. The largest absolute Gasteiger partial charge is 0.489 e. The number of anilines is 2. The van der Waals surface area contributed by atoms with Crippen LogP contribution in [0.4, 0.5) is 11.4 Å². The summed E-state index contributed by atoms with van der Waals surface area (Å²) in [6.45, 7) is 8.31. The minimum atomic E-state index is 0.490. The highest BCUT2D eigenvalue weighted by atomic mass is 32.1. The molecular weight excluding hydrogens is 354 g/mol. The molecule has 4 nitrogen and oxygen atoms in total. The lowest BCUT2D eigenvalue weighted by Crippen LogP contribution is -2.34. The van der Waals surface area contributed by atoms with E-state index in [0.29, 0.717) is 17.8 Å². The van der Waals surface area contributed by atoms with Crippen molar-refractivity contribution in [1.82, 2.24) is 5.32 Å². The van der Waals surface area contributed by atoms with Crippen LogP contribution in [0.1, 0.15) is 18.9 Å². The molecule has 0 aromatic heterocycles. The number of benzene rings is 2. The fraction of sp³-hybridized carbons (Fsp3) is 0.318. The summed E-state index contributed by atoms with van der Waals surface area (Å²) >= 11 is 5.41. The van der Waals surface area contributed by atoms with Crippen LogP contribution in [-0.4, -0.2) is 30.9 Å². The number of hydrogen-bond acceptors (Lipinski definition) is 3. The number of nitrogens with zero attached hydrogens (tertiary/aromatic N) is 1. The first-order valence-electron chi connectivity index (χ1n) is 9.40. The first-order chi connectivity index (χ1) is 13.2. The molecule has 0 fully saturated rings. The third-order valence-electron chi connectivity index (χ3n) is 4.67. The Morgan fingerprint density at radius 3 is 3.00 bits per heavy atom. The van der Waals surface area contributed by atoms with Crippen molar-refractivity contribution in [3.05, 3.63) is 66.7 Å². The maximum atomic E-state index is 5.54. The van der Waals surface area contributed by atoms with Gasteiger partial charge in [0.25, 0.3) is 0 Å². The SMILES string of the molecule is C=CCOc1cccc(NC(=S)NCCCN2c3ccccc3C[C@H]2C)c1. The van der Waals surface area contributed by atoms with Gasteiger partial charge >= 0.3 is 0 Å². The van der Waals surface area contributed by atoms with Gasteiger partial charge in [-0.2, -0.15) is 0 Å². The van der Waals surface area contributed by atoms with Crippen LogP contribution in [0.25, 0.3) is 0 Å². The van der Waals surface area contributed by atoms with E-state index < -0.39 is 0 Å². The third kappa shape index (κ3) is 5.23. The molecule has 1 aliphatic heterocycles. The lowest BCUT2D eigenvalue weighted by atomic mass is 10.1. The molecule has 1 heterocycles. The van der Waals surface area contributed by atoms with Gasteiger partial charge in [0.1, 0.15) is 12.4 Å². The van der Waals surface area contributed by atoms with Crippen molar-refractivity contribution in [2.24, 2.45) is 0 Å². The van der Waals surface area contributed by atoms with Crippen LogP contribution < -0.4 is 20.3 Å². The quantitative estimate of drug-likeness (QED) is 0.403. The highest BCUT2D eigenvalue weighted by molar-refractivity contribution is 7.80. The van der Waals surface area contributed by atoms with E-state index in [1.54, 1.807) is 6.08 Å². The van der Waals surface area contributed by atoms with Crippen molar-refractivity contribution < 1.29 is 4.74 Å². The zero-order chi connectivity index (χ0) is 19.1. The van der Waals surface area contributed by atoms with Crippen LogP contribution in [-0.2, 0) is 6.42 Å². The monoisotopic (exact) mass is 381 g/mol. The summed E-state index contributed by atoms with van der Waals surface area (Å²) in [5.41, 5.74) is 3.74. The average molecular weight is 382 g/mol. The van der Waals surface area contributed by atoms with E-state index in [-0.39, 0.29) is 0 Å². The first-order valence-corrected chi connectivity index (χ1v) is 9.81. The molecule has 142 valence electrons. The Bertz CT molecular complexity index is 793. The average Bonchev–Trinajstić information content (AvgIpc) is 2.99. The lowest BCUT2D eigenvalue weighted by molar-refractivity contribution is 0.363. The maximum Gasteiger partial charge on any atom is 0.170 e. The summed E-state index contributed by atoms with van der Waals surface area (Å²) in [5, 5.41) is 7.14. The second-order valence-electron chi connectivity index (χ2n) is 6.74. The summed E-state index contributed by atoms with van der Waals surface area (Å²) < 4.78 is 5.54. The topological polar surface area (TPSA) is 36.5 Å². The van der Waals surface area contributed by atoms with Crippen molar-refractivity contribution in [3.63, 3.8) is 0 Å². The molecular formula is C22H27N3OS. The molecule has 2 aromatic rings. The molecule has 0 unspecified atom stereocenters. The smallest absolute Gasteiger partial charge is 0.170 e. The third-order valence-corrected chi connectivity index (χ3v) is 4.92. The van der Waals surface area contributed by atoms with E-state index >= 15 is 0 Å². The molecule has 2 N–H and O–H groups in total. The van der Waals surface area contributed by atoms with Gasteiger partial charge in [-0.05, 0) is 55.7 Å². The molecule has 0 aliphatic carbocycles. The fourth-order valence-corrected chi connectivity index (χ4v) is 3.64. The molecule has 2 aromatic carbocycles. The van der Waals surface area contributed by atoms with Crippen LogP contribution in [0, 0.1) is 0 Å². The Labute approximate surface area is 167 Å². The predicted octanol–water partition coefficient (Wildman–Crippen LogP) is 4.38. The predicted molar refractivity (Wildman–Crippen MR) is 118 cm³/mol. The van der Waals surface area contributed by atoms with Gasteiger partial charge in [-0.1, -0.05) is 36.9 Å². The van der Waals surface area contributed by atoms with E-state index in [2.05, 4.69) is 53.3 Å². The second kappa shape index (κ2) is 9.42. The molecule has 3 rings (SSSR count). The number of nitrogens with one attached hydrogen (secondary N) is 2. The molecule has 0 spiro atoms. The Hall–Kier alpha value is -2.53.